The van der Waals surface area contributed by atoms with Gasteiger partial charge in [-0.25, -0.2) is 4.98 Å². The molecule has 2 N–H and O–H groups in total. The number of rotatable bonds is 5. The van der Waals surface area contributed by atoms with Crippen LogP contribution in [0.3, 0.4) is 0 Å². The third-order valence-electron chi connectivity index (χ3n) is 4.57. The number of carbonyl (C=O) groups excluding carboxylic acids is 2. The molecule has 2 aromatic carbocycles. The van der Waals surface area contributed by atoms with E-state index >= 15 is 0 Å². The second-order valence-electron chi connectivity index (χ2n) is 7.94. The summed E-state index contributed by atoms with van der Waals surface area (Å²) in [5, 5.41) is 6.17. The van der Waals surface area contributed by atoms with Crippen molar-refractivity contribution < 1.29 is 9.59 Å². The highest BCUT2D eigenvalue weighted by Gasteiger charge is 2.18. The maximum absolute atomic E-state index is 12.6. The second-order valence-corrected chi connectivity index (χ2v) is 7.94. The van der Waals surface area contributed by atoms with Gasteiger partial charge in [0, 0.05) is 28.7 Å². The summed E-state index contributed by atoms with van der Waals surface area (Å²) in [7, 11) is 0. The van der Waals surface area contributed by atoms with Gasteiger partial charge in [-0.2, -0.15) is 0 Å². The quantitative estimate of drug-likeness (QED) is 0.561. The zero-order chi connectivity index (χ0) is 21.0. The number of ketones is 1. The highest BCUT2D eigenvalue weighted by atomic mass is 16.1. The van der Waals surface area contributed by atoms with E-state index in [1.807, 2.05) is 18.2 Å². The lowest BCUT2D eigenvalue weighted by Crippen LogP contribution is -2.14. The fourth-order valence-electron chi connectivity index (χ4n) is 3.02. The lowest BCUT2D eigenvalue weighted by molar-refractivity contribution is 0.101. The van der Waals surface area contributed by atoms with Gasteiger partial charge in [0.1, 0.15) is 5.82 Å². The van der Waals surface area contributed by atoms with Crippen molar-refractivity contribution in [3.05, 3.63) is 83.6 Å². The third kappa shape index (κ3) is 5.08. The number of para-hydroxylation sites is 1. The van der Waals surface area contributed by atoms with Gasteiger partial charge >= 0.3 is 0 Å². The molecule has 3 rings (SSSR count). The van der Waals surface area contributed by atoms with Crippen LogP contribution < -0.4 is 10.6 Å². The zero-order valence-corrected chi connectivity index (χ0v) is 17.1. The highest BCUT2D eigenvalue weighted by molar-refractivity contribution is 6.05. The predicted molar refractivity (Wildman–Crippen MR) is 117 cm³/mol. The molecule has 0 aliphatic heterocycles. The van der Waals surface area contributed by atoms with Crippen LogP contribution in [0.2, 0.25) is 0 Å². The molecule has 0 saturated heterocycles. The molecule has 5 heteroatoms. The van der Waals surface area contributed by atoms with Gasteiger partial charge in [-0.05, 0) is 60.4 Å². The van der Waals surface area contributed by atoms with E-state index in [0.717, 1.165) is 5.69 Å². The summed E-state index contributed by atoms with van der Waals surface area (Å²) >= 11 is 0. The molecule has 1 amide bonds. The molecular formula is C24H25N3O2. The van der Waals surface area contributed by atoms with Crippen molar-refractivity contribution in [1.29, 1.82) is 0 Å². The van der Waals surface area contributed by atoms with Crippen molar-refractivity contribution in [2.45, 2.75) is 33.1 Å². The SMILES string of the molecule is CC(=O)c1ccc(NC(=O)c2ccnc(Nc3ccccc3C(C)(C)C)c2)cc1. The number of Topliss-reactive ketones (excluding diaryl/α,β-unsaturated/α-hetero) is 1. The van der Waals surface area contributed by atoms with Crippen LogP contribution in [0.15, 0.2) is 66.9 Å². The van der Waals surface area contributed by atoms with Gasteiger partial charge < -0.3 is 10.6 Å². The molecule has 0 aliphatic carbocycles. The molecule has 0 radical (unpaired) electrons. The molecule has 1 heterocycles. The predicted octanol–water partition coefficient (Wildman–Crippen LogP) is 5.58. The average Bonchev–Trinajstić information content (AvgIpc) is 2.68. The Kier molecular flexibility index (Phi) is 5.78. The van der Waals surface area contributed by atoms with Gasteiger partial charge in [0.2, 0.25) is 0 Å². The van der Waals surface area contributed by atoms with Crippen molar-refractivity contribution in [3.8, 4) is 0 Å². The molecule has 3 aromatic rings. The molecular weight excluding hydrogens is 362 g/mol. The molecule has 0 unspecified atom stereocenters. The summed E-state index contributed by atoms with van der Waals surface area (Å²) in [6.45, 7) is 7.98. The van der Waals surface area contributed by atoms with E-state index in [2.05, 4.69) is 42.5 Å². The number of benzene rings is 2. The minimum absolute atomic E-state index is 0.0109. The van der Waals surface area contributed by atoms with E-state index in [0.29, 0.717) is 22.6 Å². The van der Waals surface area contributed by atoms with Crippen LogP contribution in [0, 0.1) is 0 Å². The number of hydrogen-bond donors (Lipinski definition) is 2. The van der Waals surface area contributed by atoms with Crippen LogP contribution in [0.5, 0.6) is 0 Å². The fraction of sp³-hybridized carbons (Fsp3) is 0.208. The van der Waals surface area contributed by atoms with Gasteiger partial charge in [-0.1, -0.05) is 39.0 Å². The Labute approximate surface area is 171 Å². The maximum Gasteiger partial charge on any atom is 0.255 e. The van der Waals surface area contributed by atoms with E-state index in [4.69, 9.17) is 0 Å². The summed E-state index contributed by atoms with van der Waals surface area (Å²) < 4.78 is 0. The Bertz CT molecular complexity index is 1030. The second kappa shape index (κ2) is 8.27. The molecule has 0 saturated carbocycles. The third-order valence-corrected chi connectivity index (χ3v) is 4.57. The molecule has 0 bridgehead atoms. The van der Waals surface area contributed by atoms with Crippen molar-refractivity contribution in [1.82, 2.24) is 4.98 Å². The van der Waals surface area contributed by atoms with E-state index in [1.54, 1.807) is 42.6 Å². The summed E-state index contributed by atoms with van der Waals surface area (Å²) in [6.07, 6.45) is 1.61. The Morgan fingerprint density at radius 2 is 1.59 bits per heavy atom. The summed E-state index contributed by atoms with van der Waals surface area (Å²) in [5.74, 6) is 0.347. The molecule has 148 valence electrons. The van der Waals surface area contributed by atoms with Crippen LogP contribution in [-0.2, 0) is 5.41 Å². The Morgan fingerprint density at radius 1 is 0.897 bits per heavy atom. The van der Waals surface area contributed by atoms with Gasteiger partial charge in [0.05, 0.1) is 0 Å². The summed E-state index contributed by atoms with van der Waals surface area (Å²) in [6, 6.07) is 18.3. The molecule has 0 fully saturated rings. The van der Waals surface area contributed by atoms with Crippen LogP contribution >= 0.6 is 0 Å². The lowest BCUT2D eigenvalue weighted by atomic mass is 9.86. The minimum atomic E-state index is -0.241. The van der Waals surface area contributed by atoms with E-state index in [-0.39, 0.29) is 17.1 Å². The number of nitrogens with zero attached hydrogens (tertiary/aromatic N) is 1. The van der Waals surface area contributed by atoms with Crippen molar-refractivity contribution in [3.63, 3.8) is 0 Å². The van der Waals surface area contributed by atoms with Crippen LogP contribution in [0.1, 0.15) is 54.0 Å². The van der Waals surface area contributed by atoms with Crippen LogP contribution in [-0.4, -0.2) is 16.7 Å². The molecule has 5 nitrogen and oxygen atoms in total. The number of nitrogens with one attached hydrogen (secondary N) is 2. The molecule has 0 aliphatic rings. The molecule has 1 aromatic heterocycles. The van der Waals surface area contributed by atoms with Gasteiger partial charge in [-0.15, -0.1) is 0 Å². The van der Waals surface area contributed by atoms with Gasteiger partial charge in [0.25, 0.3) is 5.91 Å². The first-order chi connectivity index (χ1) is 13.7. The Balaban J connectivity index is 1.78. The standard InChI is InChI=1S/C24H25N3O2/c1-16(28)17-9-11-19(12-10-17)26-23(29)18-13-14-25-22(15-18)27-21-8-6-5-7-20(21)24(2,3)4/h5-15H,1-4H3,(H,25,27)(H,26,29). The molecule has 0 atom stereocenters. The number of amides is 1. The number of carbonyl (C=O) groups is 2. The Hall–Kier alpha value is -3.47. The normalized spacial score (nSPS) is 11.0. The smallest absolute Gasteiger partial charge is 0.255 e. The van der Waals surface area contributed by atoms with Crippen molar-refractivity contribution in [2.24, 2.45) is 0 Å². The first-order valence-corrected chi connectivity index (χ1v) is 9.49. The lowest BCUT2D eigenvalue weighted by Gasteiger charge is -2.23. The number of anilines is 3. The number of pyridine rings is 1. The summed E-state index contributed by atoms with van der Waals surface area (Å²) in [4.78, 5) is 28.4. The zero-order valence-electron chi connectivity index (χ0n) is 17.1. The molecule has 0 spiro atoms. The Morgan fingerprint density at radius 3 is 2.24 bits per heavy atom. The topological polar surface area (TPSA) is 71.1 Å². The maximum atomic E-state index is 12.6. The fourth-order valence-corrected chi connectivity index (χ4v) is 3.02. The van der Waals surface area contributed by atoms with Gasteiger partial charge in [0.15, 0.2) is 5.78 Å². The van der Waals surface area contributed by atoms with Crippen molar-refractivity contribution >= 4 is 28.9 Å². The largest absolute Gasteiger partial charge is 0.340 e. The molecule has 29 heavy (non-hydrogen) atoms. The van der Waals surface area contributed by atoms with Crippen LogP contribution in [0.4, 0.5) is 17.2 Å². The minimum Gasteiger partial charge on any atom is -0.340 e. The monoisotopic (exact) mass is 387 g/mol. The summed E-state index contributed by atoms with van der Waals surface area (Å²) in [5.41, 5.74) is 3.84. The van der Waals surface area contributed by atoms with Crippen molar-refractivity contribution in [2.75, 3.05) is 10.6 Å². The first-order valence-electron chi connectivity index (χ1n) is 9.49. The first kappa shape index (κ1) is 20.3. The highest BCUT2D eigenvalue weighted by Crippen LogP contribution is 2.31. The van der Waals surface area contributed by atoms with E-state index < -0.39 is 0 Å². The van der Waals surface area contributed by atoms with Crippen LogP contribution in [0.25, 0.3) is 0 Å². The van der Waals surface area contributed by atoms with E-state index in [1.165, 1.54) is 12.5 Å². The van der Waals surface area contributed by atoms with E-state index in [9.17, 15) is 9.59 Å². The number of aromatic nitrogens is 1. The van der Waals surface area contributed by atoms with Gasteiger partial charge in [-0.3, -0.25) is 9.59 Å². The number of hydrogen-bond acceptors (Lipinski definition) is 4. The average molecular weight is 387 g/mol.